The van der Waals surface area contributed by atoms with E-state index in [1.54, 1.807) is 0 Å². The van der Waals surface area contributed by atoms with Gasteiger partial charge in [-0.05, 0) is 25.7 Å². The predicted molar refractivity (Wildman–Crippen MR) is 60.7 cm³/mol. The average Bonchev–Trinajstić information content (AvgIpc) is 2.57. The summed E-state index contributed by atoms with van der Waals surface area (Å²) in [6.07, 6.45) is 2.18. The molecule has 1 amide bonds. The Bertz CT molecular complexity index is 250. The molecule has 0 bridgehead atoms. The maximum Gasteiger partial charge on any atom is 0.410 e. The number of fused-ring (bicyclic) bond motifs is 1. The molecule has 15 heavy (non-hydrogen) atoms. The fraction of sp³-hybridized carbons (Fsp3) is 0.900. The summed E-state index contributed by atoms with van der Waals surface area (Å²) in [6, 6.07) is 0.345. The number of hydrogen-bond acceptors (Lipinski definition) is 3. The van der Waals surface area contributed by atoms with Gasteiger partial charge in [-0.15, -0.1) is 0 Å². The van der Waals surface area contributed by atoms with E-state index in [0.717, 1.165) is 26.1 Å². The first kappa shape index (κ1) is 11.2. The first-order valence-electron chi connectivity index (χ1n) is 5.56. The summed E-state index contributed by atoms with van der Waals surface area (Å²) in [4.78, 5) is 13.6. The second kappa shape index (κ2) is 4.70. The molecule has 2 aliphatic heterocycles. The Labute approximate surface area is 98.9 Å². The summed E-state index contributed by atoms with van der Waals surface area (Å²) in [5.41, 5.74) is 0. The molecule has 0 saturated carbocycles. The SMILES string of the molecule is CCOC(=O)N1CCC[C@@H]2CN(Br)C[C@@H]21. The van der Waals surface area contributed by atoms with Gasteiger partial charge in [-0.3, -0.25) is 0 Å². The van der Waals surface area contributed by atoms with Crippen LogP contribution in [0, 0.1) is 5.92 Å². The van der Waals surface area contributed by atoms with Crippen molar-refractivity contribution >= 4 is 22.2 Å². The summed E-state index contributed by atoms with van der Waals surface area (Å²) in [7, 11) is 0. The Kier molecular flexibility index (Phi) is 3.51. The molecule has 0 N–H and O–H groups in total. The molecule has 0 aliphatic carbocycles. The van der Waals surface area contributed by atoms with Crippen LogP contribution in [-0.2, 0) is 4.74 Å². The van der Waals surface area contributed by atoms with E-state index in [0.29, 0.717) is 18.6 Å². The fourth-order valence-electron chi connectivity index (χ4n) is 2.56. The summed E-state index contributed by atoms with van der Waals surface area (Å²) < 4.78 is 7.20. The van der Waals surface area contributed by atoms with Gasteiger partial charge < -0.3 is 9.64 Å². The Hall–Kier alpha value is -0.290. The third-order valence-corrected chi connectivity index (χ3v) is 3.82. The lowest BCUT2D eigenvalue weighted by Gasteiger charge is -2.35. The van der Waals surface area contributed by atoms with Crippen molar-refractivity contribution in [1.29, 1.82) is 0 Å². The zero-order valence-electron chi connectivity index (χ0n) is 8.99. The van der Waals surface area contributed by atoms with Crippen molar-refractivity contribution in [3.05, 3.63) is 0 Å². The molecule has 2 fully saturated rings. The van der Waals surface area contributed by atoms with Crippen LogP contribution >= 0.6 is 16.1 Å². The molecular weight excluding hydrogens is 260 g/mol. The van der Waals surface area contributed by atoms with Crippen LogP contribution in [0.2, 0.25) is 0 Å². The van der Waals surface area contributed by atoms with Gasteiger partial charge in [-0.25, -0.2) is 8.72 Å². The van der Waals surface area contributed by atoms with Crippen molar-refractivity contribution in [3.63, 3.8) is 0 Å². The van der Waals surface area contributed by atoms with Gasteiger partial charge in [0.2, 0.25) is 0 Å². The summed E-state index contributed by atoms with van der Waals surface area (Å²) >= 11 is 3.50. The number of rotatable bonds is 1. The zero-order chi connectivity index (χ0) is 10.8. The number of amides is 1. The second-order valence-electron chi connectivity index (χ2n) is 4.19. The van der Waals surface area contributed by atoms with Gasteiger partial charge in [0.1, 0.15) is 0 Å². The maximum atomic E-state index is 11.7. The van der Waals surface area contributed by atoms with Crippen molar-refractivity contribution in [2.24, 2.45) is 5.92 Å². The lowest BCUT2D eigenvalue weighted by molar-refractivity contribution is 0.0692. The summed E-state index contributed by atoms with van der Waals surface area (Å²) in [6.45, 7) is 5.13. The molecule has 0 aromatic carbocycles. The van der Waals surface area contributed by atoms with Crippen molar-refractivity contribution in [2.45, 2.75) is 25.8 Å². The molecule has 4 nitrogen and oxygen atoms in total. The monoisotopic (exact) mass is 276 g/mol. The van der Waals surface area contributed by atoms with E-state index in [1.807, 2.05) is 11.8 Å². The molecule has 0 radical (unpaired) electrons. The number of hydrogen-bond donors (Lipinski definition) is 0. The van der Waals surface area contributed by atoms with Gasteiger partial charge in [0.15, 0.2) is 0 Å². The summed E-state index contributed by atoms with van der Waals surface area (Å²) in [5.74, 6) is 0.613. The molecule has 2 saturated heterocycles. The second-order valence-corrected chi connectivity index (χ2v) is 5.19. The highest BCUT2D eigenvalue weighted by Crippen LogP contribution is 2.32. The molecule has 2 atom stereocenters. The van der Waals surface area contributed by atoms with Crippen LogP contribution in [0.15, 0.2) is 0 Å². The quantitative estimate of drug-likeness (QED) is 0.686. The molecule has 2 heterocycles. The molecule has 2 aliphatic rings. The van der Waals surface area contributed by atoms with E-state index in [-0.39, 0.29) is 6.09 Å². The molecular formula is C10H17BrN2O2. The van der Waals surface area contributed by atoms with E-state index < -0.39 is 0 Å². The van der Waals surface area contributed by atoms with E-state index in [1.165, 1.54) is 6.42 Å². The molecule has 0 spiro atoms. The first-order valence-corrected chi connectivity index (χ1v) is 6.27. The lowest BCUT2D eigenvalue weighted by Crippen LogP contribution is -2.48. The van der Waals surface area contributed by atoms with Gasteiger partial charge >= 0.3 is 6.09 Å². The number of carbonyl (C=O) groups excluding carboxylic acids is 1. The Morgan fingerprint density at radius 2 is 2.33 bits per heavy atom. The minimum absolute atomic E-state index is 0.144. The van der Waals surface area contributed by atoms with Crippen LogP contribution in [0.3, 0.4) is 0 Å². The number of likely N-dealkylation sites (tertiary alicyclic amines) is 1. The van der Waals surface area contributed by atoms with Gasteiger partial charge in [0, 0.05) is 35.8 Å². The number of piperidine rings is 1. The highest BCUT2D eigenvalue weighted by Gasteiger charge is 2.40. The topological polar surface area (TPSA) is 32.8 Å². The van der Waals surface area contributed by atoms with E-state index >= 15 is 0 Å². The minimum Gasteiger partial charge on any atom is -0.450 e. The van der Waals surface area contributed by atoms with E-state index in [2.05, 4.69) is 20.1 Å². The number of carbonyl (C=O) groups is 1. The van der Waals surface area contributed by atoms with Crippen LogP contribution in [0.5, 0.6) is 0 Å². The normalized spacial score (nSPS) is 31.5. The third kappa shape index (κ3) is 2.28. The number of halogens is 1. The smallest absolute Gasteiger partial charge is 0.410 e. The van der Waals surface area contributed by atoms with E-state index in [4.69, 9.17) is 4.74 Å². The summed E-state index contributed by atoms with van der Waals surface area (Å²) in [5, 5.41) is 0. The zero-order valence-corrected chi connectivity index (χ0v) is 10.6. The Morgan fingerprint density at radius 1 is 1.53 bits per heavy atom. The highest BCUT2D eigenvalue weighted by molar-refractivity contribution is 9.07. The maximum absolute atomic E-state index is 11.7. The fourth-order valence-corrected chi connectivity index (χ4v) is 3.23. The van der Waals surface area contributed by atoms with Gasteiger partial charge in [-0.1, -0.05) is 0 Å². The largest absolute Gasteiger partial charge is 0.450 e. The Morgan fingerprint density at radius 3 is 3.07 bits per heavy atom. The average molecular weight is 277 g/mol. The molecule has 0 aromatic heterocycles. The Balaban J connectivity index is 2.02. The predicted octanol–water partition coefficient (Wildman–Crippen LogP) is 1.85. The lowest BCUT2D eigenvalue weighted by atomic mass is 9.92. The van der Waals surface area contributed by atoms with Crippen LogP contribution in [-0.4, -0.2) is 47.2 Å². The number of nitrogens with zero attached hydrogens (tertiary/aromatic N) is 2. The van der Waals surface area contributed by atoms with Crippen molar-refractivity contribution in [2.75, 3.05) is 26.2 Å². The molecule has 0 aromatic rings. The van der Waals surface area contributed by atoms with Crippen LogP contribution in [0.25, 0.3) is 0 Å². The van der Waals surface area contributed by atoms with Gasteiger partial charge in [-0.2, -0.15) is 0 Å². The van der Waals surface area contributed by atoms with Crippen LogP contribution in [0.4, 0.5) is 4.79 Å². The first-order chi connectivity index (χ1) is 7.22. The van der Waals surface area contributed by atoms with Crippen LogP contribution < -0.4 is 0 Å². The molecule has 2 rings (SSSR count). The van der Waals surface area contributed by atoms with Crippen molar-refractivity contribution in [1.82, 2.24) is 8.83 Å². The van der Waals surface area contributed by atoms with Gasteiger partial charge in [0.05, 0.1) is 12.6 Å². The van der Waals surface area contributed by atoms with Crippen molar-refractivity contribution in [3.8, 4) is 0 Å². The molecule has 0 unspecified atom stereocenters. The third-order valence-electron chi connectivity index (χ3n) is 3.24. The van der Waals surface area contributed by atoms with Crippen molar-refractivity contribution < 1.29 is 9.53 Å². The standard InChI is InChI=1S/C10H17BrN2O2/c1-2-15-10(14)13-5-3-4-8-6-12(11)7-9(8)13/h8-9H,2-7H2,1H3/t8-,9+/m1/s1. The molecule has 86 valence electrons. The molecule has 5 heteroatoms. The minimum atomic E-state index is -0.144. The van der Waals surface area contributed by atoms with Crippen LogP contribution in [0.1, 0.15) is 19.8 Å². The van der Waals surface area contributed by atoms with Gasteiger partial charge in [0.25, 0.3) is 0 Å². The number of ether oxygens (including phenoxy) is 1. The highest BCUT2D eigenvalue weighted by atomic mass is 79.9. The van der Waals surface area contributed by atoms with E-state index in [9.17, 15) is 4.79 Å².